The van der Waals surface area contributed by atoms with Gasteiger partial charge in [0.1, 0.15) is 6.10 Å². The predicted molar refractivity (Wildman–Crippen MR) is 245 cm³/mol. The molecule has 0 aliphatic carbocycles. The first-order valence-electron chi connectivity index (χ1n) is 24.5. The molecule has 7 heteroatoms. The zero-order valence-electron chi connectivity index (χ0n) is 39.9. The summed E-state index contributed by atoms with van der Waals surface area (Å²) < 4.78 is 17.4. The third-order valence-electron chi connectivity index (χ3n) is 11.7. The van der Waals surface area contributed by atoms with Crippen molar-refractivity contribution >= 4 is 17.9 Å². The molecule has 0 aromatic carbocycles. The maximum Gasteiger partial charge on any atom is 0.312 e. The highest BCUT2D eigenvalue weighted by molar-refractivity contribution is 5.76. The van der Waals surface area contributed by atoms with Gasteiger partial charge in [-0.2, -0.15) is 0 Å². The molecule has 0 rings (SSSR count). The van der Waals surface area contributed by atoms with Gasteiger partial charge in [0, 0.05) is 12.3 Å². The van der Waals surface area contributed by atoms with Gasteiger partial charge in [0.2, 0.25) is 0 Å². The van der Waals surface area contributed by atoms with Crippen LogP contribution in [0.4, 0.5) is 0 Å². The van der Waals surface area contributed by atoms with Crippen molar-refractivity contribution in [2.75, 3.05) is 33.9 Å². The predicted octanol–water partition coefficient (Wildman–Crippen LogP) is 14.0. The summed E-state index contributed by atoms with van der Waals surface area (Å²) in [4.78, 5) is 40.7. The van der Waals surface area contributed by atoms with Gasteiger partial charge in [0.25, 0.3) is 0 Å². The van der Waals surface area contributed by atoms with Crippen LogP contribution in [0.5, 0.6) is 0 Å². The SMILES string of the molecule is CCCCCCCCCCOC(=O)C(C)(C)CCCCCC(CCCCCC(C)(C)C(=O)OCC#CC(CCCCCC)CCCCCC)OC(=O)CCCN(C)C. The number of esters is 3. The minimum Gasteiger partial charge on any atom is -0.465 e. The van der Waals surface area contributed by atoms with E-state index in [2.05, 4.69) is 37.5 Å². The average molecular weight is 818 g/mol. The smallest absolute Gasteiger partial charge is 0.312 e. The van der Waals surface area contributed by atoms with Crippen molar-refractivity contribution < 1.29 is 28.6 Å². The number of hydrogen-bond acceptors (Lipinski definition) is 7. The molecule has 7 nitrogen and oxygen atoms in total. The average Bonchev–Trinajstić information content (AvgIpc) is 3.17. The second-order valence-electron chi connectivity index (χ2n) is 18.9. The first-order valence-corrected chi connectivity index (χ1v) is 24.5. The van der Waals surface area contributed by atoms with Gasteiger partial charge in [0.15, 0.2) is 6.61 Å². The fourth-order valence-electron chi connectivity index (χ4n) is 7.49. The van der Waals surface area contributed by atoms with Crippen molar-refractivity contribution in [2.45, 2.75) is 247 Å². The van der Waals surface area contributed by atoms with Crippen molar-refractivity contribution in [1.82, 2.24) is 4.90 Å². The third kappa shape index (κ3) is 32.7. The molecule has 0 aliphatic rings. The zero-order valence-corrected chi connectivity index (χ0v) is 39.9. The highest BCUT2D eigenvalue weighted by Crippen LogP contribution is 2.28. The van der Waals surface area contributed by atoms with E-state index in [1.165, 1.54) is 89.9 Å². The number of ether oxygens (including phenoxy) is 3. The molecule has 1 unspecified atom stereocenters. The van der Waals surface area contributed by atoms with Crippen molar-refractivity contribution in [3.8, 4) is 11.8 Å². The molecule has 0 saturated carbocycles. The summed E-state index contributed by atoms with van der Waals surface area (Å²) in [5.41, 5.74) is -1.05. The Morgan fingerprint density at radius 2 is 0.966 bits per heavy atom. The van der Waals surface area contributed by atoms with E-state index in [-0.39, 0.29) is 30.6 Å². The lowest BCUT2D eigenvalue weighted by Crippen LogP contribution is -2.27. The Hall–Kier alpha value is -2.07. The van der Waals surface area contributed by atoms with Crippen molar-refractivity contribution in [3.05, 3.63) is 0 Å². The largest absolute Gasteiger partial charge is 0.465 e. The molecule has 0 spiro atoms. The lowest BCUT2D eigenvalue weighted by Gasteiger charge is -2.23. The van der Waals surface area contributed by atoms with Gasteiger partial charge in [-0.25, -0.2) is 0 Å². The van der Waals surface area contributed by atoms with E-state index >= 15 is 0 Å². The first-order chi connectivity index (χ1) is 27.8. The summed E-state index contributed by atoms with van der Waals surface area (Å²) >= 11 is 0. The Morgan fingerprint density at radius 1 is 0.534 bits per heavy atom. The quantitative estimate of drug-likeness (QED) is 0.0264. The van der Waals surface area contributed by atoms with Gasteiger partial charge < -0.3 is 19.1 Å². The number of carbonyl (C=O) groups is 3. The maximum absolute atomic E-state index is 13.0. The first kappa shape index (κ1) is 55.9. The maximum atomic E-state index is 13.0. The van der Waals surface area contributed by atoms with Crippen LogP contribution in [0.2, 0.25) is 0 Å². The zero-order chi connectivity index (χ0) is 43.3. The van der Waals surface area contributed by atoms with E-state index < -0.39 is 10.8 Å². The number of nitrogens with zero attached hydrogens (tertiary/aromatic N) is 1. The number of hydrogen-bond donors (Lipinski definition) is 0. The van der Waals surface area contributed by atoms with Gasteiger partial charge in [-0.05, 0) is 113 Å². The van der Waals surface area contributed by atoms with E-state index in [0.29, 0.717) is 18.9 Å². The van der Waals surface area contributed by atoms with Crippen LogP contribution in [0.15, 0.2) is 0 Å². The summed E-state index contributed by atoms with van der Waals surface area (Å²) in [7, 11) is 4.04. The van der Waals surface area contributed by atoms with Crippen LogP contribution < -0.4 is 0 Å². The van der Waals surface area contributed by atoms with Gasteiger partial charge in [-0.15, -0.1) is 0 Å². The number of unbranched alkanes of at least 4 members (excludes halogenated alkanes) is 17. The molecule has 340 valence electrons. The molecule has 0 aromatic rings. The standard InChI is InChI=1S/C51H95NO6/c1-10-13-16-19-20-21-22-31-43-56-48(54)50(4,5)40-29-23-27-37-46(58-47(53)39-32-42-52(8)9)38-28-24-30-41-51(6,7)49(55)57-44-33-36-45(34-25-17-14-11-2)35-26-18-15-12-3/h45-46H,10-32,34-35,37-44H2,1-9H3. The molecule has 0 bridgehead atoms. The second kappa shape index (κ2) is 36.8. The molecule has 0 radical (unpaired) electrons. The molecular weight excluding hydrogens is 723 g/mol. The van der Waals surface area contributed by atoms with Crippen LogP contribution in [0, 0.1) is 28.6 Å². The molecule has 58 heavy (non-hydrogen) atoms. The minimum atomic E-state index is -0.562. The van der Waals surface area contributed by atoms with E-state index in [9.17, 15) is 14.4 Å². The van der Waals surface area contributed by atoms with E-state index in [4.69, 9.17) is 14.2 Å². The summed E-state index contributed by atoms with van der Waals surface area (Å²) in [6.45, 7) is 16.2. The topological polar surface area (TPSA) is 82.1 Å². The van der Waals surface area contributed by atoms with Gasteiger partial charge in [0.05, 0.1) is 17.4 Å². The molecule has 0 aliphatic heterocycles. The number of rotatable bonds is 39. The molecule has 0 fully saturated rings. The van der Waals surface area contributed by atoms with Gasteiger partial charge in [-0.1, -0.05) is 155 Å². The summed E-state index contributed by atoms with van der Waals surface area (Å²) in [6, 6.07) is 0. The second-order valence-corrected chi connectivity index (χ2v) is 18.9. The highest BCUT2D eigenvalue weighted by atomic mass is 16.5. The summed E-state index contributed by atoms with van der Waals surface area (Å²) in [6.07, 6.45) is 32.2. The lowest BCUT2D eigenvalue weighted by atomic mass is 9.86. The normalized spacial score (nSPS) is 12.4. The fraction of sp³-hybridized carbons (Fsp3) is 0.902. The lowest BCUT2D eigenvalue weighted by molar-refractivity contribution is -0.155. The van der Waals surface area contributed by atoms with Crippen LogP contribution >= 0.6 is 0 Å². The van der Waals surface area contributed by atoms with Gasteiger partial charge in [-0.3, -0.25) is 14.4 Å². The van der Waals surface area contributed by atoms with Crippen LogP contribution in [0.3, 0.4) is 0 Å². The molecule has 0 heterocycles. The van der Waals surface area contributed by atoms with E-state index in [0.717, 1.165) is 103 Å². The van der Waals surface area contributed by atoms with Crippen molar-refractivity contribution in [2.24, 2.45) is 16.7 Å². The minimum absolute atomic E-state index is 0.0878. The summed E-state index contributed by atoms with van der Waals surface area (Å²) in [5.74, 6) is 6.66. The van der Waals surface area contributed by atoms with E-state index in [1.807, 2.05) is 41.8 Å². The molecule has 1 atom stereocenters. The van der Waals surface area contributed by atoms with E-state index in [1.54, 1.807) is 0 Å². The molecular formula is C51H95NO6. The Labute approximate surface area is 360 Å². The molecule has 0 aromatic heterocycles. The Balaban J connectivity index is 4.75. The Morgan fingerprint density at radius 3 is 1.47 bits per heavy atom. The highest BCUT2D eigenvalue weighted by Gasteiger charge is 2.30. The van der Waals surface area contributed by atoms with Gasteiger partial charge >= 0.3 is 17.9 Å². The van der Waals surface area contributed by atoms with Crippen LogP contribution in [-0.4, -0.2) is 62.8 Å². The van der Waals surface area contributed by atoms with Crippen LogP contribution in [-0.2, 0) is 28.6 Å². The fourth-order valence-corrected chi connectivity index (χ4v) is 7.49. The van der Waals surface area contributed by atoms with Crippen LogP contribution in [0.25, 0.3) is 0 Å². The van der Waals surface area contributed by atoms with Crippen LogP contribution in [0.1, 0.15) is 241 Å². The number of carbonyl (C=O) groups excluding carboxylic acids is 3. The monoisotopic (exact) mass is 818 g/mol. The molecule has 0 saturated heterocycles. The Bertz CT molecular complexity index is 1060. The van der Waals surface area contributed by atoms with Crippen molar-refractivity contribution in [1.29, 1.82) is 0 Å². The Kier molecular flexibility index (Phi) is 35.4. The molecule has 0 amide bonds. The summed E-state index contributed by atoms with van der Waals surface area (Å²) in [5, 5.41) is 0. The van der Waals surface area contributed by atoms with Crippen molar-refractivity contribution in [3.63, 3.8) is 0 Å². The third-order valence-corrected chi connectivity index (χ3v) is 11.7. The molecule has 0 N–H and O–H groups in total.